The second kappa shape index (κ2) is 11.5. The van der Waals surface area contributed by atoms with E-state index in [-0.39, 0.29) is 17.1 Å². The number of aromatic hydroxyl groups is 1. The summed E-state index contributed by atoms with van der Waals surface area (Å²) in [5.74, 6) is -4.05. The Bertz CT molecular complexity index is 955. The first-order valence-electron chi connectivity index (χ1n) is 10.2. The van der Waals surface area contributed by atoms with Crippen LogP contribution < -0.4 is 4.74 Å². The Kier molecular flexibility index (Phi) is 8.96. The molecule has 1 saturated heterocycles. The van der Waals surface area contributed by atoms with Crippen molar-refractivity contribution in [1.29, 1.82) is 0 Å². The zero-order chi connectivity index (χ0) is 25.6. The van der Waals surface area contributed by atoms with Crippen molar-refractivity contribution in [2.75, 3.05) is 6.61 Å². The van der Waals surface area contributed by atoms with Gasteiger partial charge < -0.3 is 33.5 Å². The van der Waals surface area contributed by atoms with Crippen LogP contribution in [-0.4, -0.2) is 72.1 Å². The summed E-state index contributed by atoms with van der Waals surface area (Å²) < 4.78 is 32.5. The third-order valence-corrected chi connectivity index (χ3v) is 4.55. The standard InChI is InChI=1S/C22H26O12/c1-10(23)18-15(28)7-6-8-16(18)33-22-21(32-14(5)27)20(31-13(4)26)19(30-12(3)25)17(34-22)9-29-11(2)24/h6-8,17,19-22,28H,9H2,1-5H3/t17-,19-,20+,21-,22-/m1/s1. The van der Waals surface area contributed by atoms with Crippen LogP contribution in [0.1, 0.15) is 45.0 Å². The van der Waals surface area contributed by atoms with Crippen molar-refractivity contribution in [3.05, 3.63) is 23.8 Å². The molecule has 0 spiro atoms. The number of phenols is 1. The van der Waals surface area contributed by atoms with Crippen molar-refractivity contribution in [2.24, 2.45) is 0 Å². The number of ether oxygens (including phenoxy) is 6. The number of hydrogen-bond donors (Lipinski definition) is 1. The van der Waals surface area contributed by atoms with Gasteiger partial charge in [-0.1, -0.05) is 6.07 Å². The Balaban J connectivity index is 2.55. The van der Waals surface area contributed by atoms with Gasteiger partial charge in [0, 0.05) is 27.7 Å². The van der Waals surface area contributed by atoms with Gasteiger partial charge in [-0.05, 0) is 19.1 Å². The lowest BCUT2D eigenvalue weighted by molar-refractivity contribution is -0.288. The second-order valence-corrected chi connectivity index (χ2v) is 7.39. The van der Waals surface area contributed by atoms with Gasteiger partial charge in [0.25, 0.3) is 0 Å². The van der Waals surface area contributed by atoms with Gasteiger partial charge in [-0.15, -0.1) is 0 Å². The van der Waals surface area contributed by atoms with E-state index < -0.39 is 67.0 Å². The fraction of sp³-hybridized carbons (Fsp3) is 0.500. The summed E-state index contributed by atoms with van der Waals surface area (Å²) in [5, 5.41) is 10.1. The van der Waals surface area contributed by atoms with Gasteiger partial charge in [0.15, 0.2) is 18.0 Å². The molecule has 0 aliphatic carbocycles. The Hall–Kier alpha value is -3.67. The van der Waals surface area contributed by atoms with Gasteiger partial charge in [-0.25, -0.2) is 0 Å². The fourth-order valence-corrected chi connectivity index (χ4v) is 3.38. The highest BCUT2D eigenvalue weighted by atomic mass is 16.7. The zero-order valence-corrected chi connectivity index (χ0v) is 19.3. The van der Waals surface area contributed by atoms with Crippen LogP contribution in [0.15, 0.2) is 18.2 Å². The van der Waals surface area contributed by atoms with E-state index in [1.807, 2.05) is 0 Å². The molecule has 0 amide bonds. The summed E-state index contributed by atoms with van der Waals surface area (Å²) in [7, 11) is 0. The molecule has 1 aromatic carbocycles. The largest absolute Gasteiger partial charge is 0.507 e. The molecule has 12 heteroatoms. The van der Waals surface area contributed by atoms with E-state index in [2.05, 4.69) is 0 Å². The maximum atomic E-state index is 12.1. The van der Waals surface area contributed by atoms with E-state index in [1.165, 1.54) is 25.1 Å². The third-order valence-electron chi connectivity index (χ3n) is 4.55. The Labute approximate surface area is 195 Å². The van der Waals surface area contributed by atoms with Gasteiger partial charge in [0.1, 0.15) is 29.8 Å². The molecule has 12 nitrogen and oxygen atoms in total. The summed E-state index contributed by atoms with van der Waals surface area (Å²) >= 11 is 0. The molecule has 1 aliphatic rings. The van der Waals surface area contributed by atoms with Gasteiger partial charge >= 0.3 is 23.9 Å². The highest BCUT2D eigenvalue weighted by molar-refractivity contribution is 5.99. The van der Waals surface area contributed by atoms with Crippen LogP contribution in [0.4, 0.5) is 0 Å². The van der Waals surface area contributed by atoms with Crippen LogP contribution in [0.5, 0.6) is 11.5 Å². The summed E-state index contributed by atoms with van der Waals surface area (Å²) in [6, 6.07) is 4.05. The minimum Gasteiger partial charge on any atom is -0.507 e. The third kappa shape index (κ3) is 6.91. The smallest absolute Gasteiger partial charge is 0.303 e. The number of hydrogen-bond acceptors (Lipinski definition) is 12. The molecule has 1 heterocycles. The lowest BCUT2D eigenvalue weighted by Crippen LogP contribution is -2.63. The van der Waals surface area contributed by atoms with Gasteiger partial charge in [-0.3, -0.25) is 24.0 Å². The van der Waals surface area contributed by atoms with Crippen LogP contribution in [-0.2, 0) is 42.9 Å². The number of benzene rings is 1. The Morgan fingerprint density at radius 2 is 1.38 bits per heavy atom. The predicted octanol–water partition coefficient (Wildman–Crippen LogP) is 1.06. The molecular formula is C22H26O12. The van der Waals surface area contributed by atoms with E-state index in [4.69, 9.17) is 28.4 Å². The second-order valence-electron chi connectivity index (χ2n) is 7.39. The molecule has 1 aliphatic heterocycles. The molecule has 5 atom stereocenters. The van der Waals surface area contributed by atoms with Gasteiger partial charge in [0.2, 0.25) is 12.4 Å². The fourth-order valence-electron chi connectivity index (χ4n) is 3.38. The average Bonchev–Trinajstić information content (AvgIpc) is 2.69. The molecule has 34 heavy (non-hydrogen) atoms. The highest BCUT2D eigenvalue weighted by Crippen LogP contribution is 2.34. The SMILES string of the molecule is CC(=O)OC[C@H]1O[C@@H](Oc2cccc(O)c2C(C)=O)[C@H](OC(C)=O)[C@@H](OC(C)=O)[C@@H]1OC(C)=O. The Morgan fingerprint density at radius 3 is 1.91 bits per heavy atom. The molecule has 1 fully saturated rings. The lowest BCUT2D eigenvalue weighted by atomic mass is 9.98. The van der Waals surface area contributed by atoms with Crippen molar-refractivity contribution < 1.29 is 57.5 Å². The van der Waals surface area contributed by atoms with E-state index >= 15 is 0 Å². The zero-order valence-electron chi connectivity index (χ0n) is 19.3. The molecule has 0 aromatic heterocycles. The number of esters is 4. The Morgan fingerprint density at radius 1 is 0.824 bits per heavy atom. The topological polar surface area (TPSA) is 161 Å². The van der Waals surface area contributed by atoms with Gasteiger partial charge in [-0.2, -0.15) is 0 Å². The van der Waals surface area contributed by atoms with Crippen LogP contribution in [0.25, 0.3) is 0 Å². The van der Waals surface area contributed by atoms with E-state index in [0.717, 1.165) is 27.7 Å². The lowest BCUT2D eigenvalue weighted by Gasteiger charge is -2.44. The van der Waals surface area contributed by atoms with Crippen molar-refractivity contribution >= 4 is 29.7 Å². The van der Waals surface area contributed by atoms with Crippen molar-refractivity contribution in [2.45, 2.75) is 65.3 Å². The minimum absolute atomic E-state index is 0.117. The summed E-state index contributed by atoms with van der Waals surface area (Å²) in [5.41, 5.74) is -0.171. The first-order valence-corrected chi connectivity index (χ1v) is 10.2. The molecule has 2 rings (SSSR count). The molecule has 0 unspecified atom stereocenters. The van der Waals surface area contributed by atoms with Crippen LogP contribution in [0.2, 0.25) is 0 Å². The van der Waals surface area contributed by atoms with E-state index in [1.54, 1.807) is 0 Å². The minimum atomic E-state index is -1.53. The first-order chi connectivity index (χ1) is 15.9. The molecule has 186 valence electrons. The summed E-state index contributed by atoms with van der Waals surface area (Å²) in [6.07, 6.45) is -6.99. The van der Waals surface area contributed by atoms with Crippen LogP contribution in [0, 0.1) is 0 Å². The molecule has 0 saturated carbocycles. The summed E-state index contributed by atoms with van der Waals surface area (Å²) in [4.78, 5) is 58.9. The number of phenolic OH excluding ortho intramolecular Hbond substituents is 1. The number of carbonyl (C=O) groups is 5. The van der Waals surface area contributed by atoms with Crippen LogP contribution >= 0.6 is 0 Å². The average molecular weight is 482 g/mol. The number of carbonyl (C=O) groups excluding carboxylic acids is 5. The maximum absolute atomic E-state index is 12.1. The number of rotatable bonds is 8. The van der Waals surface area contributed by atoms with Crippen molar-refractivity contribution in [3.63, 3.8) is 0 Å². The summed E-state index contributed by atoms with van der Waals surface area (Å²) in [6.45, 7) is 5.19. The molecule has 0 radical (unpaired) electrons. The highest BCUT2D eigenvalue weighted by Gasteiger charge is 2.53. The molecule has 1 aromatic rings. The molecule has 1 N–H and O–H groups in total. The molecule has 0 bridgehead atoms. The monoisotopic (exact) mass is 482 g/mol. The van der Waals surface area contributed by atoms with Crippen LogP contribution in [0.3, 0.4) is 0 Å². The van der Waals surface area contributed by atoms with E-state index in [0.29, 0.717) is 0 Å². The predicted molar refractivity (Wildman–Crippen MR) is 111 cm³/mol. The first kappa shape index (κ1) is 26.6. The quantitative estimate of drug-likeness (QED) is 0.319. The van der Waals surface area contributed by atoms with Crippen molar-refractivity contribution in [3.8, 4) is 11.5 Å². The number of Topliss-reactive ketones (excluding diaryl/α,β-unsaturated/α-hetero) is 1. The normalized spacial score (nSPS) is 23.9. The van der Waals surface area contributed by atoms with Crippen molar-refractivity contribution in [1.82, 2.24) is 0 Å². The van der Waals surface area contributed by atoms with E-state index in [9.17, 15) is 29.1 Å². The maximum Gasteiger partial charge on any atom is 0.303 e. The molecular weight excluding hydrogens is 456 g/mol. The van der Waals surface area contributed by atoms with Gasteiger partial charge in [0.05, 0.1) is 0 Å². The number of ketones is 1.